The molecule has 6 nitrogen and oxygen atoms in total. The van der Waals surface area contributed by atoms with Gasteiger partial charge in [0.05, 0.1) is 35.7 Å². The predicted molar refractivity (Wildman–Crippen MR) is 114 cm³/mol. The van der Waals surface area contributed by atoms with Crippen LogP contribution in [0.2, 0.25) is 5.02 Å². The summed E-state index contributed by atoms with van der Waals surface area (Å²) in [6, 6.07) is 14.7. The highest BCUT2D eigenvalue weighted by Gasteiger charge is 2.40. The predicted octanol–water partition coefficient (Wildman–Crippen LogP) is 3.30. The van der Waals surface area contributed by atoms with Gasteiger partial charge in [0, 0.05) is 5.56 Å². The third-order valence-electron chi connectivity index (χ3n) is 5.82. The van der Waals surface area contributed by atoms with E-state index in [1.165, 1.54) is 0 Å². The van der Waals surface area contributed by atoms with Gasteiger partial charge in [-0.05, 0) is 48.9 Å². The molecule has 0 atom stereocenters. The van der Waals surface area contributed by atoms with Crippen molar-refractivity contribution in [1.82, 2.24) is 9.78 Å². The van der Waals surface area contributed by atoms with Crippen molar-refractivity contribution in [2.45, 2.75) is 50.6 Å². The highest BCUT2D eigenvalue weighted by molar-refractivity contribution is 6.34. The van der Waals surface area contributed by atoms with Gasteiger partial charge < -0.3 is 20.4 Å². The lowest BCUT2D eigenvalue weighted by Gasteiger charge is -2.33. The lowest BCUT2D eigenvalue weighted by atomic mass is 9.81. The molecule has 4 N–H and O–H groups in total. The van der Waals surface area contributed by atoms with Crippen LogP contribution in [0.25, 0.3) is 16.9 Å². The van der Waals surface area contributed by atoms with E-state index in [1.807, 2.05) is 48.5 Å². The van der Waals surface area contributed by atoms with Crippen LogP contribution < -0.4 is 0 Å². The zero-order valence-corrected chi connectivity index (χ0v) is 17.3. The highest BCUT2D eigenvalue weighted by atomic mass is 35.5. The molecule has 3 aromatic rings. The summed E-state index contributed by atoms with van der Waals surface area (Å²) >= 11 is 6.81. The van der Waals surface area contributed by atoms with Gasteiger partial charge in [-0.25, -0.2) is 4.68 Å². The second-order valence-electron chi connectivity index (χ2n) is 7.87. The first kappa shape index (κ1) is 21.0. The molecule has 1 aromatic heterocycles. The average molecular weight is 429 g/mol. The van der Waals surface area contributed by atoms with Crippen LogP contribution in [0.4, 0.5) is 0 Å². The number of hydrogen-bond donors (Lipinski definition) is 4. The van der Waals surface area contributed by atoms with Gasteiger partial charge >= 0.3 is 0 Å². The Morgan fingerprint density at radius 2 is 1.47 bits per heavy atom. The first-order chi connectivity index (χ1) is 14.4. The molecule has 0 spiro atoms. The monoisotopic (exact) mass is 428 g/mol. The maximum Gasteiger partial charge on any atom is 0.114 e. The fourth-order valence-corrected chi connectivity index (χ4v) is 4.36. The van der Waals surface area contributed by atoms with E-state index in [2.05, 4.69) is 0 Å². The van der Waals surface area contributed by atoms with E-state index in [1.54, 1.807) is 4.68 Å². The van der Waals surface area contributed by atoms with Gasteiger partial charge in [-0.2, -0.15) is 5.10 Å². The van der Waals surface area contributed by atoms with Crippen LogP contribution in [0.3, 0.4) is 0 Å². The zero-order valence-electron chi connectivity index (χ0n) is 16.5. The van der Waals surface area contributed by atoms with Crippen LogP contribution in [-0.4, -0.2) is 36.3 Å². The summed E-state index contributed by atoms with van der Waals surface area (Å²) in [5, 5.41) is 44.9. The van der Waals surface area contributed by atoms with E-state index in [4.69, 9.17) is 16.7 Å². The Bertz CT molecular complexity index is 1010. The van der Waals surface area contributed by atoms with Crippen LogP contribution >= 0.6 is 11.6 Å². The van der Waals surface area contributed by atoms with Gasteiger partial charge in [-0.15, -0.1) is 0 Å². The topological polar surface area (TPSA) is 98.7 Å². The van der Waals surface area contributed by atoms with Gasteiger partial charge in [0.25, 0.3) is 0 Å². The van der Waals surface area contributed by atoms with Crippen LogP contribution in [0.5, 0.6) is 0 Å². The van der Waals surface area contributed by atoms with E-state index in [9.17, 15) is 20.4 Å². The van der Waals surface area contributed by atoms with Crippen molar-refractivity contribution < 1.29 is 20.4 Å². The Kier molecular flexibility index (Phi) is 5.95. The Morgan fingerprint density at radius 3 is 2.00 bits per heavy atom. The standard InChI is InChI=1S/C23H25ClN2O4/c24-20-21(17-5-1-15(13-27)2-6-17)26(18-7-3-16(14-28)4-8-18)25-22(20)23(30)11-9-19(29)10-12-23/h1-8,19,27-30H,9-14H2. The summed E-state index contributed by atoms with van der Waals surface area (Å²) in [5.41, 5.74) is 2.98. The highest BCUT2D eigenvalue weighted by Crippen LogP contribution is 2.43. The van der Waals surface area contributed by atoms with Gasteiger partial charge in [0.1, 0.15) is 11.3 Å². The Labute approximate surface area is 180 Å². The average Bonchev–Trinajstić information content (AvgIpc) is 3.14. The molecular weight excluding hydrogens is 404 g/mol. The van der Waals surface area contributed by atoms with Crippen molar-refractivity contribution in [3.05, 3.63) is 70.4 Å². The first-order valence-corrected chi connectivity index (χ1v) is 10.4. The van der Waals surface area contributed by atoms with Crippen molar-refractivity contribution in [2.24, 2.45) is 0 Å². The Hall–Kier alpha value is -2.22. The van der Waals surface area contributed by atoms with E-state index >= 15 is 0 Å². The van der Waals surface area contributed by atoms with Gasteiger partial charge in [0.2, 0.25) is 0 Å². The third kappa shape index (κ3) is 3.89. The molecule has 0 aliphatic heterocycles. The number of nitrogens with zero attached hydrogens (tertiary/aromatic N) is 2. The summed E-state index contributed by atoms with van der Waals surface area (Å²) in [6.45, 7) is -0.105. The fourth-order valence-electron chi connectivity index (χ4n) is 3.96. The molecule has 158 valence electrons. The summed E-state index contributed by atoms with van der Waals surface area (Å²) < 4.78 is 1.70. The van der Waals surface area contributed by atoms with E-state index in [0.717, 1.165) is 22.4 Å². The third-order valence-corrected chi connectivity index (χ3v) is 6.18. The number of aromatic nitrogens is 2. The molecule has 2 aromatic carbocycles. The van der Waals surface area contributed by atoms with Crippen molar-refractivity contribution in [3.63, 3.8) is 0 Å². The molecule has 0 amide bonds. The van der Waals surface area contributed by atoms with Crippen LogP contribution in [0.1, 0.15) is 42.5 Å². The molecular formula is C23H25ClN2O4. The second kappa shape index (κ2) is 8.49. The number of benzene rings is 2. The maximum absolute atomic E-state index is 11.3. The number of rotatable bonds is 5. The van der Waals surface area contributed by atoms with Crippen LogP contribution in [0.15, 0.2) is 48.5 Å². The second-order valence-corrected chi connectivity index (χ2v) is 8.24. The number of halogens is 1. The number of aliphatic hydroxyl groups is 4. The van der Waals surface area contributed by atoms with E-state index < -0.39 is 11.7 Å². The van der Waals surface area contributed by atoms with Crippen molar-refractivity contribution in [1.29, 1.82) is 0 Å². The zero-order chi connectivity index (χ0) is 21.3. The smallest absolute Gasteiger partial charge is 0.114 e. The fraction of sp³-hybridized carbons (Fsp3) is 0.348. The minimum atomic E-state index is -1.20. The molecule has 1 aliphatic carbocycles. The molecule has 0 radical (unpaired) electrons. The summed E-state index contributed by atoms with van der Waals surface area (Å²) in [4.78, 5) is 0. The van der Waals surface area contributed by atoms with Gasteiger partial charge in [-0.3, -0.25) is 0 Å². The van der Waals surface area contributed by atoms with Crippen molar-refractivity contribution in [2.75, 3.05) is 0 Å². The van der Waals surface area contributed by atoms with Gasteiger partial charge in [0.15, 0.2) is 0 Å². The molecule has 1 heterocycles. The van der Waals surface area contributed by atoms with Crippen molar-refractivity contribution >= 4 is 11.6 Å². The van der Waals surface area contributed by atoms with E-state index in [-0.39, 0.29) is 13.2 Å². The Morgan fingerprint density at radius 1 is 0.933 bits per heavy atom. The van der Waals surface area contributed by atoms with Crippen molar-refractivity contribution in [3.8, 4) is 16.9 Å². The molecule has 30 heavy (non-hydrogen) atoms. The number of aliphatic hydroxyl groups excluding tert-OH is 3. The molecule has 1 saturated carbocycles. The summed E-state index contributed by atoms with van der Waals surface area (Å²) in [6.07, 6.45) is 1.34. The molecule has 1 aliphatic rings. The van der Waals surface area contributed by atoms with Crippen LogP contribution in [0, 0.1) is 0 Å². The minimum Gasteiger partial charge on any atom is -0.393 e. The lowest BCUT2D eigenvalue weighted by Crippen LogP contribution is -2.34. The Balaban J connectivity index is 1.86. The lowest BCUT2D eigenvalue weighted by molar-refractivity contribution is -0.0392. The molecule has 0 unspecified atom stereocenters. The maximum atomic E-state index is 11.3. The summed E-state index contributed by atoms with van der Waals surface area (Å²) in [7, 11) is 0. The molecule has 1 fully saturated rings. The largest absolute Gasteiger partial charge is 0.393 e. The molecule has 7 heteroatoms. The molecule has 0 bridgehead atoms. The molecule has 4 rings (SSSR count). The molecule has 0 saturated heterocycles. The first-order valence-electron chi connectivity index (χ1n) is 10.0. The van der Waals surface area contributed by atoms with E-state index in [0.29, 0.717) is 42.1 Å². The quantitative estimate of drug-likeness (QED) is 0.499. The van der Waals surface area contributed by atoms with Crippen LogP contribution in [-0.2, 0) is 18.8 Å². The summed E-state index contributed by atoms with van der Waals surface area (Å²) in [5.74, 6) is 0. The minimum absolute atomic E-state index is 0.0524. The number of hydrogen-bond acceptors (Lipinski definition) is 5. The normalized spacial score (nSPS) is 21.7. The SMILES string of the molecule is OCc1ccc(-c2c(Cl)c(C3(O)CCC(O)CC3)nn2-c2ccc(CO)cc2)cc1. The van der Waals surface area contributed by atoms with Gasteiger partial charge in [-0.1, -0.05) is 48.0 Å².